The van der Waals surface area contributed by atoms with Crippen LogP contribution in [0.2, 0.25) is 0 Å². The van der Waals surface area contributed by atoms with Gasteiger partial charge in [-0.05, 0) is 42.0 Å². The maximum Gasteiger partial charge on any atom is 0.222 e. The van der Waals surface area contributed by atoms with Gasteiger partial charge in [0.05, 0.1) is 23.8 Å². The second-order valence-corrected chi connectivity index (χ2v) is 6.94. The fraction of sp³-hybridized carbons (Fsp3) is 0.368. The molecule has 3 rings (SSSR count). The van der Waals surface area contributed by atoms with Gasteiger partial charge in [-0.3, -0.25) is 4.79 Å². The molecule has 0 bridgehead atoms. The van der Waals surface area contributed by atoms with E-state index < -0.39 is 0 Å². The summed E-state index contributed by atoms with van der Waals surface area (Å²) in [5.74, 6) is 0.770. The minimum absolute atomic E-state index is 0.230. The van der Waals surface area contributed by atoms with E-state index in [4.69, 9.17) is 10.5 Å². The molecule has 1 saturated heterocycles. The van der Waals surface area contributed by atoms with Gasteiger partial charge in [0.15, 0.2) is 0 Å². The van der Waals surface area contributed by atoms with Gasteiger partial charge in [0.1, 0.15) is 5.84 Å². The Bertz CT molecular complexity index is 705. The maximum absolute atomic E-state index is 12.1. The summed E-state index contributed by atoms with van der Waals surface area (Å²) in [5.41, 5.74) is 8.06. The van der Waals surface area contributed by atoms with E-state index in [2.05, 4.69) is 17.1 Å². The molecule has 0 spiro atoms. The molecular formula is C19H23N3O2S. The fourth-order valence-electron chi connectivity index (χ4n) is 2.77. The van der Waals surface area contributed by atoms with Crippen LogP contribution in [0, 0.1) is 0 Å². The monoisotopic (exact) mass is 357 g/mol. The van der Waals surface area contributed by atoms with Gasteiger partial charge in [0, 0.05) is 19.5 Å². The van der Waals surface area contributed by atoms with Crippen LogP contribution >= 0.6 is 11.3 Å². The van der Waals surface area contributed by atoms with Crippen molar-refractivity contribution in [1.82, 2.24) is 4.90 Å². The number of amidine groups is 1. The number of benzene rings is 1. The third kappa shape index (κ3) is 5.14. The summed E-state index contributed by atoms with van der Waals surface area (Å²) in [4.78, 5) is 19.4. The maximum atomic E-state index is 12.1. The average Bonchev–Trinajstić information content (AvgIpc) is 3.19. The van der Waals surface area contributed by atoms with Crippen LogP contribution in [0.5, 0.6) is 0 Å². The fourth-order valence-corrected chi connectivity index (χ4v) is 3.40. The van der Waals surface area contributed by atoms with Crippen LogP contribution in [-0.4, -0.2) is 42.9 Å². The first-order valence-electron chi connectivity index (χ1n) is 8.55. The van der Waals surface area contributed by atoms with Crippen molar-refractivity contribution in [3.05, 3.63) is 52.2 Å². The van der Waals surface area contributed by atoms with E-state index in [1.165, 1.54) is 5.56 Å². The smallest absolute Gasteiger partial charge is 0.222 e. The van der Waals surface area contributed by atoms with Crippen molar-refractivity contribution >= 4 is 28.8 Å². The first-order chi connectivity index (χ1) is 12.2. The van der Waals surface area contributed by atoms with Crippen LogP contribution in [0.3, 0.4) is 0 Å². The zero-order valence-electron chi connectivity index (χ0n) is 14.2. The minimum atomic E-state index is 0.230. The molecule has 0 aliphatic carbocycles. The summed E-state index contributed by atoms with van der Waals surface area (Å²) < 4.78 is 5.27. The van der Waals surface area contributed by atoms with Crippen LogP contribution in [-0.2, 0) is 16.0 Å². The second-order valence-electron chi connectivity index (χ2n) is 5.99. The van der Waals surface area contributed by atoms with Crippen molar-refractivity contribution in [2.75, 3.05) is 26.3 Å². The van der Waals surface area contributed by atoms with Crippen molar-refractivity contribution in [3.63, 3.8) is 0 Å². The Morgan fingerprint density at radius 1 is 1.20 bits per heavy atom. The van der Waals surface area contributed by atoms with Gasteiger partial charge in [-0.1, -0.05) is 18.2 Å². The molecule has 25 heavy (non-hydrogen) atoms. The number of ether oxygens (including phenoxy) is 1. The Morgan fingerprint density at radius 2 is 1.96 bits per heavy atom. The lowest BCUT2D eigenvalue weighted by molar-refractivity contribution is -0.135. The number of hydrogen-bond donors (Lipinski definition) is 1. The molecule has 0 atom stereocenters. The molecule has 5 nitrogen and oxygen atoms in total. The number of carbonyl (C=O) groups is 1. The number of rotatable bonds is 6. The molecule has 2 heterocycles. The lowest BCUT2D eigenvalue weighted by Gasteiger charge is -2.26. The Morgan fingerprint density at radius 3 is 2.64 bits per heavy atom. The normalized spacial score (nSPS) is 15.4. The van der Waals surface area contributed by atoms with Crippen molar-refractivity contribution in [3.8, 4) is 0 Å². The molecule has 1 aromatic carbocycles. The molecule has 2 aromatic rings. The Labute approximate surface area is 152 Å². The molecule has 2 N–H and O–H groups in total. The molecule has 0 radical (unpaired) electrons. The standard InChI is InChI=1S/C19H23N3O2S/c20-19(17-4-2-14-25-17)21-16-8-6-15(7-9-16)3-1-5-18(23)22-10-12-24-13-11-22/h2,4,6-9,14H,1,3,5,10-13H2,(H2,20,21). The molecule has 1 aromatic heterocycles. The highest BCUT2D eigenvalue weighted by atomic mass is 32.1. The summed E-state index contributed by atoms with van der Waals surface area (Å²) >= 11 is 1.58. The zero-order chi connectivity index (χ0) is 17.5. The van der Waals surface area contributed by atoms with E-state index in [9.17, 15) is 4.79 Å². The summed E-state index contributed by atoms with van der Waals surface area (Å²) in [6.45, 7) is 2.75. The van der Waals surface area contributed by atoms with Gasteiger partial charge in [-0.25, -0.2) is 4.99 Å². The SMILES string of the molecule is NC(=Nc1ccc(CCCC(=O)N2CCOCC2)cc1)c1cccs1. The predicted octanol–water partition coefficient (Wildman–Crippen LogP) is 2.97. The minimum Gasteiger partial charge on any atom is -0.383 e. The molecule has 0 unspecified atom stereocenters. The molecule has 6 heteroatoms. The molecule has 0 saturated carbocycles. The summed E-state index contributed by atoms with van der Waals surface area (Å²) in [6.07, 6.45) is 2.34. The van der Waals surface area contributed by atoms with Crippen LogP contribution in [0.1, 0.15) is 23.3 Å². The van der Waals surface area contributed by atoms with Gasteiger partial charge in [0.25, 0.3) is 0 Å². The molecule has 1 amide bonds. The van der Waals surface area contributed by atoms with E-state index in [1.807, 2.05) is 34.5 Å². The first-order valence-corrected chi connectivity index (χ1v) is 9.43. The van der Waals surface area contributed by atoms with E-state index in [-0.39, 0.29) is 5.91 Å². The molecule has 132 valence electrons. The van der Waals surface area contributed by atoms with Gasteiger partial charge < -0.3 is 15.4 Å². The zero-order valence-corrected chi connectivity index (χ0v) is 15.0. The van der Waals surface area contributed by atoms with E-state index in [0.29, 0.717) is 25.5 Å². The summed E-state index contributed by atoms with van der Waals surface area (Å²) in [5, 5.41) is 1.99. The third-order valence-corrected chi connectivity index (χ3v) is 5.07. The number of thiophene rings is 1. The topological polar surface area (TPSA) is 67.9 Å². The lowest BCUT2D eigenvalue weighted by atomic mass is 10.1. The number of carbonyl (C=O) groups excluding carboxylic acids is 1. The lowest BCUT2D eigenvalue weighted by Crippen LogP contribution is -2.40. The number of morpholine rings is 1. The highest BCUT2D eigenvalue weighted by molar-refractivity contribution is 7.12. The number of hydrogen-bond acceptors (Lipinski definition) is 4. The van der Waals surface area contributed by atoms with Gasteiger partial charge >= 0.3 is 0 Å². The van der Waals surface area contributed by atoms with Crippen LogP contribution in [0.25, 0.3) is 0 Å². The van der Waals surface area contributed by atoms with E-state index in [0.717, 1.165) is 36.5 Å². The highest BCUT2D eigenvalue weighted by Gasteiger charge is 2.15. The summed E-state index contributed by atoms with van der Waals surface area (Å²) in [6, 6.07) is 12.0. The van der Waals surface area contributed by atoms with Crippen molar-refractivity contribution in [1.29, 1.82) is 0 Å². The van der Waals surface area contributed by atoms with Gasteiger partial charge in [-0.2, -0.15) is 0 Å². The first kappa shape index (κ1) is 17.6. The van der Waals surface area contributed by atoms with Crippen molar-refractivity contribution in [2.24, 2.45) is 10.7 Å². The van der Waals surface area contributed by atoms with Gasteiger partial charge in [0.2, 0.25) is 5.91 Å². The largest absolute Gasteiger partial charge is 0.383 e. The Balaban J connectivity index is 1.47. The number of nitrogens with two attached hydrogens (primary N) is 1. The van der Waals surface area contributed by atoms with Crippen LogP contribution in [0.4, 0.5) is 5.69 Å². The Hall–Kier alpha value is -2.18. The summed E-state index contributed by atoms with van der Waals surface area (Å²) in [7, 11) is 0. The van der Waals surface area contributed by atoms with Crippen LogP contribution in [0.15, 0.2) is 46.8 Å². The number of nitrogens with zero attached hydrogens (tertiary/aromatic N) is 2. The van der Waals surface area contributed by atoms with Crippen molar-refractivity contribution < 1.29 is 9.53 Å². The number of aliphatic imine (C=N–C) groups is 1. The van der Waals surface area contributed by atoms with E-state index >= 15 is 0 Å². The number of aryl methyl sites for hydroxylation is 1. The number of amides is 1. The third-order valence-electron chi connectivity index (χ3n) is 4.18. The van der Waals surface area contributed by atoms with E-state index in [1.54, 1.807) is 11.3 Å². The quantitative estimate of drug-likeness (QED) is 0.638. The Kier molecular flexibility index (Phi) is 6.19. The molecular weight excluding hydrogens is 334 g/mol. The molecule has 1 fully saturated rings. The second kappa shape index (κ2) is 8.78. The highest BCUT2D eigenvalue weighted by Crippen LogP contribution is 2.17. The predicted molar refractivity (Wildman–Crippen MR) is 101 cm³/mol. The molecule has 1 aliphatic rings. The van der Waals surface area contributed by atoms with Crippen LogP contribution < -0.4 is 5.73 Å². The molecule has 1 aliphatic heterocycles. The van der Waals surface area contributed by atoms with Crippen molar-refractivity contribution in [2.45, 2.75) is 19.3 Å². The average molecular weight is 357 g/mol. The van der Waals surface area contributed by atoms with Gasteiger partial charge in [-0.15, -0.1) is 11.3 Å².